The summed E-state index contributed by atoms with van der Waals surface area (Å²) in [5.41, 5.74) is 1.41. The summed E-state index contributed by atoms with van der Waals surface area (Å²) in [5.74, 6) is -0.887. The number of nitrogens with zero attached hydrogens (tertiary/aromatic N) is 1. The smallest absolute Gasteiger partial charge is 0.177 e. The van der Waals surface area contributed by atoms with Crippen LogP contribution in [-0.4, -0.2) is 15.9 Å². The number of phenols is 1. The molecule has 0 radical (unpaired) electrons. The van der Waals surface area contributed by atoms with Gasteiger partial charge in [0.15, 0.2) is 17.3 Å². The van der Waals surface area contributed by atoms with E-state index in [1.54, 1.807) is 6.07 Å². The first kappa shape index (κ1) is 12.3. The first-order valence-corrected chi connectivity index (χ1v) is 6.90. The molecule has 1 N–H and O–H groups in total. The first-order valence-electron chi connectivity index (χ1n) is 6.09. The fraction of sp³-hybridized carbons (Fsp3) is 0.286. The van der Waals surface area contributed by atoms with E-state index in [0.717, 1.165) is 18.5 Å². The lowest BCUT2D eigenvalue weighted by atomic mass is 9.92. The average Bonchev–Trinajstić information content (AvgIpc) is 2.82. The summed E-state index contributed by atoms with van der Waals surface area (Å²) < 4.78 is 13.3. The highest BCUT2D eigenvalue weighted by Gasteiger charge is 2.28. The molecule has 0 saturated heterocycles. The summed E-state index contributed by atoms with van der Waals surface area (Å²) in [4.78, 5) is 17.2. The Morgan fingerprint density at radius 2 is 2.26 bits per heavy atom. The summed E-state index contributed by atoms with van der Waals surface area (Å²) >= 11 is 1.31. The molecule has 0 fully saturated rings. The van der Waals surface area contributed by atoms with Gasteiger partial charge in [0.25, 0.3) is 0 Å². The van der Waals surface area contributed by atoms with E-state index in [1.807, 2.05) is 6.92 Å². The summed E-state index contributed by atoms with van der Waals surface area (Å²) in [7, 11) is 0. The second-order valence-corrected chi connectivity index (χ2v) is 5.76. The summed E-state index contributed by atoms with van der Waals surface area (Å²) in [6.45, 7) is 1.92. The van der Waals surface area contributed by atoms with Crippen molar-refractivity contribution in [3.05, 3.63) is 34.6 Å². The van der Waals surface area contributed by atoms with E-state index in [0.29, 0.717) is 15.4 Å². The van der Waals surface area contributed by atoms with Crippen molar-refractivity contribution in [3.8, 4) is 16.3 Å². The molecule has 1 atom stereocenters. The second kappa shape index (κ2) is 4.42. The van der Waals surface area contributed by atoms with Crippen molar-refractivity contribution in [1.29, 1.82) is 0 Å². The molecule has 0 aliphatic heterocycles. The van der Waals surface area contributed by atoms with Crippen LogP contribution in [0, 0.1) is 11.7 Å². The summed E-state index contributed by atoms with van der Waals surface area (Å²) in [5, 5.41) is 9.81. The van der Waals surface area contributed by atoms with Crippen molar-refractivity contribution < 1.29 is 14.3 Å². The van der Waals surface area contributed by atoms with Crippen molar-refractivity contribution >= 4 is 17.1 Å². The Balaban J connectivity index is 2.05. The predicted molar refractivity (Wildman–Crippen MR) is 71.0 cm³/mol. The maximum absolute atomic E-state index is 13.3. The lowest BCUT2D eigenvalue weighted by Crippen LogP contribution is -2.18. The van der Waals surface area contributed by atoms with Crippen LogP contribution in [0.3, 0.4) is 0 Å². The van der Waals surface area contributed by atoms with Gasteiger partial charge in [-0.3, -0.25) is 4.79 Å². The van der Waals surface area contributed by atoms with E-state index in [-0.39, 0.29) is 17.5 Å². The molecule has 0 bridgehead atoms. The average molecular weight is 277 g/mol. The number of aryl methyl sites for hydroxylation is 1. The van der Waals surface area contributed by atoms with E-state index >= 15 is 0 Å². The number of rotatable bonds is 1. The minimum absolute atomic E-state index is 0.0392. The molecule has 0 saturated carbocycles. The summed E-state index contributed by atoms with van der Waals surface area (Å²) in [6.07, 6.45) is 1.61. The zero-order chi connectivity index (χ0) is 13.6. The van der Waals surface area contributed by atoms with Crippen LogP contribution in [0.15, 0.2) is 18.2 Å². The van der Waals surface area contributed by atoms with Gasteiger partial charge in [-0.05, 0) is 31.0 Å². The maximum atomic E-state index is 13.3. The number of halogens is 1. The fourth-order valence-corrected chi connectivity index (χ4v) is 3.35. The molecule has 5 heteroatoms. The number of benzene rings is 1. The molecule has 1 aromatic heterocycles. The Bertz CT molecular complexity index is 665. The van der Waals surface area contributed by atoms with Crippen LogP contribution >= 0.6 is 11.3 Å². The number of aromatic hydroxyl groups is 1. The Labute approximate surface area is 113 Å². The van der Waals surface area contributed by atoms with Crippen LogP contribution < -0.4 is 0 Å². The molecule has 3 rings (SSSR count). The van der Waals surface area contributed by atoms with Crippen molar-refractivity contribution in [2.45, 2.75) is 19.8 Å². The predicted octanol–water partition coefficient (Wildman–Crippen LogP) is 3.42. The van der Waals surface area contributed by atoms with Gasteiger partial charge >= 0.3 is 0 Å². The number of Topliss-reactive ketones (excluding diaryl/α,β-unsaturated/α-hetero) is 1. The largest absolute Gasteiger partial charge is 0.505 e. The lowest BCUT2D eigenvalue weighted by molar-refractivity contribution is 0.0917. The molecule has 19 heavy (non-hydrogen) atoms. The zero-order valence-corrected chi connectivity index (χ0v) is 11.1. The molecule has 0 amide bonds. The Hall–Kier alpha value is -1.75. The van der Waals surface area contributed by atoms with E-state index in [9.17, 15) is 14.3 Å². The topological polar surface area (TPSA) is 50.2 Å². The minimum Gasteiger partial charge on any atom is -0.505 e. The number of thiazole rings is 1. The highest BCUT2D eigenvalue weighted by atomic mass is 32.1. The van der Waals surface area contributed by atoms with Gasteiger partial charge in [0, 0.05) is 11.5 Å². The van der Waals surface area contributed by atoms with Gasteiger partial charge in [-0.15, -0.1) is 11.3 Å². The van der Waals surface area contributed by atoms with Gasteiger partial charge in [0.1, 0.15) is 5.01 Å². The number of carbonyl (C=O) groups excluding carboxylic acids is 1. The van der Waals surface area contributed by atoms with E-state index < -0.39 is 5.82 Å². The summed E-state index contributed by atoms with van der Waals surface area (Å²) in [6, 6.07) is 4.15. The molecular formula is C14H12FNO2S. The number of aromatic nitrogens is 1. The standard InChI is InChI=1S/C14H12FNO2S/c1-7-2-4-10-13(12(7)18)19-14(16-10)8-3-5-11(17)9(15)6-8/h3,5-7,17H,2,4H2,1H3. The van der Waals surface area contributed by atoms with Crippen LogP contribution in [0.25, 0.3) is 10.6 Å². The Morgan fingerprint density at radius 1 is 1.47 bits per heavy atom. The molecule has 1 heterocycles. The SMILES string of the molecule is CC1CCc2nc(-c3ccc(O)c(F)c3)sc2C1=O. The molecule has 1 aliphatic rings. The third-order valence-corrected chi connectivity index (χ3v) is 4.54. The second-order valence-electron chi connectivity index (χ2n) is 4.77. The highest BCUT2D eigenvalue weighted by Crippen LogP contribution is 2.35. The number of ketones is 1. The number of hydrogen-bond acceptors (Lipinski definition) is 4. The van der Waals surface area contributed by atoms with E-state index in [4.69, 9.17) is 0 Å². The van der Waals surface area contributed by atoms with E-state index in [2.05, 4.69) is 4.98 Å². The van der Waals surface area contributed by atoms with Crippen LogP contribution in [0.1, 0.15) is 28.7 Å². The molecule has 1 unspecified atom stereocenters. The van der Waals surface area contributed by atoms with Crippen molar-refractivity contribution in [1.82, 2.24) is 4.98 Å². The maximum Gasteiger partial charge on any atom is 0.177 e. The minimum atomic E-state index is -0.676. The van der Waals surface area contributed by atoms with Gasteiger partial charge in [-0.25, -0.2) is 9.37 Å². The molecule has 2 aromatic rings. The van der Waals surface area contributed by atoms with Crippen LogP contribution in [0.4, 0.5) is 4.39 Å². The number of hydrogen-bond donors (Lipinski definition) is 1. The van der Waals surface area contributed by atoms with Gasteiger partial charge in [0.05, 0.1) is 10.6 Å². The van der Waals surface area contributed by atoms with Gasteiger partial charge in [-0.1, -0.05) is 6.92 Å². The monoisotopic (exact) mass is 277 g/mol. The quantitative estimate of drug-likeness (QED) is 0.869. The number of phenolic OH excluding ortho intramolecular Hbond substituents is 1. The zero-order valence-electron chi connectivity index (χ0n) is 10.3. The Kier molecular flexibility index (Phi) is 2.86. The molecule has 3 nitrogen and oxygen atoms in total. The van der Waals surface area contributed by atoms with Gasteiger partial charge in [0.2, 0.25) is 0 Å². The van der Waals surface area contributed by atoms with Crippen LogP contribution in [0.2, 0.25) is 0 Å². The number of carbonyl (C=O) groups is 1. The first-order chi connectivity index (χ1) is 9.06. The van der Waals surface area contributed by atoms with Gasteiger partial charge < -0.3 is 5.11 Å². The lowest BCUT2D eigenvalue weighted by Gasteiger charge is -2.14. The third kappa shape index (κ3) is 2.04. The molecule has 1 aliphatic carbocycles. The molecule has 0 spiro atoms. The van der Waals surface area contributed by atoms with Crippen molar-refractivity contribution in [3.63, 3.8) is 0 Å². The van der Waals surface area contributed by atoms with Gasteiger partial charge in [-0.2, -0.15) is 0 Å². The van der Waals surface area contributed by atoms with Crippen LogP contribution in [-0.2, 0) is 6.42 Å². The number of fused-ring (bicyclic) bond motifs is 1. The van der Waals surface area contributed by atoms with Crippen LogP contribution in [0.5, 0.6) is 5.75 Å². The Morgan fingerprint density at radius 3 is 3.00 bits per heavy atom. The molecule has 98 valence electrons. The normalized spacial score (nSPS) is 18.4. The van der Waals surface area contributed by atoms with Crippen molar-refractivity contribution in [2.75, 3.05) is 0 Å². The van der Waals surface area contributed by atoms with E-state index in [1.165, 1.54) is 23.5 Å². The third-order valence-electron chi connectivity index (χ3n) is 3.38. The molecular weight excluding hydrogens is 265 g/mol. The fourth-order valence-electron chi connectivity index (χ4n) is 2.19. The van der Waals surface area contributed by atoms with Crippen molar-refractivity contribution in [2.24, 2.45) is 5.92 Å². The molecule has 1 aromatic carbocycles. The highest BCUT2D eigenvalue weighted by molar-refractivity contribution is 7.17.